The van der Waals surface area contributed by atoms with Crippen molar-refractivity contribution in [3.05, 3.63) is 66.2 Å². The van der Waals surface area contributed by atoms with E-state index in [0.29, 0.717) is 0 Å². The molecule has 18 heavy (non-hydrogen) atoms. The smallest absolute Gasteiger partial charge is 0.165 e. The Morgan fingerprint density at radius 1 is 0.889 bits per heavy atom. The summed E-state index contributed by atoms with van der Waals surface area (Å²) >= 11 is 6.68. The molecule has 0 saturated carbocycles. The van der Waals surface area contributed by atoms with Gasteiger partial charge >= 0.3 is 0 Å². The number of rotatable bonds is 4. The standard InChI is InChI=1S/C16H19ClSi/c1-16(2,14-9-5-3-6-10-14)13-18(17)15-11-7-4-8-12-15/h3-12,18H,13H2,1-2H3. The van der Waals surface area contributed by atoms with E-state index in [1.807, 2.05) is 6.07 Å². The van der Waals surface area contributed by atoms with Gasteiger partial charge in [-0.05, 0) is 22.2 Å². The SMILES string of the molecule is CC(C)(C[SiH](Cl)c1ccccc1)c1ccccc1. The first-order valence-corrected chi connectivity index (χ1v) is 9.48. The summed E-state index contributed by atoms with van der Waals surface area (Å²) < 4.78 is 0. The van der Waals surface area contributed by atoms with E-state index in [9.17, 15) is 0 Å². The molecular weight excluding hydrogens is 256 g/mol. The largest absolute Gasteiger partial charge is 0.172 e. The highest BCUT2D eigenvalue weighted by atomic mass is 35.6. The van der Waals surface area contributed by atoms with Crippen LogP contribution in [-0.4, -0.2) is 8.11 Å². The lowest BCUT2D eigenvalue weighted by Gasteiger charge is -2.27. The molecule has 0 nitrogen and oxygen atoms in total. The molecule has 0 aliphatic heterocycles. The molecule has 0 aliphatic rings. The second-order valence-electron chi connectivity index (χ2n) is 5.33. The highest BCUT2D eigenvalue weighted by molar-refractivity contribution is 7.14. The Balaban J connectivity index is 2.14. The fourth-order valence-electron chi connectivity index (χ4n) is 2.23. The maximum atomic E-state index is 6.68. The monoisotopic (exact) mass is 274 g/mol. The zero-order valence-corrected chi connectivity index (χ0v) is 12.8. The number of hydrogen-bond donors (Lipinski definition) is 0. The molecule has 0 bridgehead atoms. The van der Waals surface area contributed by atoms with Crippen molar-refractivity contribution in [3.63, 3.8) is 0 Å². The fraction of sp³-hybridized carbons (Fsp3) is 0.250. The summed E-state index contributed by atoms with van der Waals surface area (Å²) in [6.07, 6.45) is 0. The highest BCUT2D eigenvalue weighted by Gasteiger charge is 2.25. The van der Waals surface area contributed by atoms with Gasteiger partial charge in [0.25, 0.3) is 0 Å². The van der Waals surface area contributed by atoms with Gasteiger partial charge in [-0.15, -0.1) is 0 Å². The third-order valence-corrected chi connectivity index (χ3v) is 7.11. The van der Waals surface area contributed by atoms with Crippen molar-refractivity contribution in [3.8, 4) is 0 Å². The molecule has 94 valence electrons. The second kappa shape index (κ2) is 5.72. The quantitative estimate of drug-likeness (QED) is 0.587. The molecule has 0 N–H and O–H groups in total. The molecule has 0 radical (unpaired) electrons. The average molecular weight is 275 g/mol. The van der Waals surface area contributed by atoms with E-state index in [4.69, 9.17) is 11.1 Å². The predicted molar refractivity (Wildman–Crippen MR) is 83.4 cm³/mol. The van der Waals surface area contributed by atoms with Crippen LogP contribution < -0.4 is 5.19 Å². The van der Waals surface area contributed by atoms with E-state index < -0.39 is 8.11 Å². The van der Waals surface area contributed by atoms with Crippen LogP contribution in [0.4, 0.5) is 0 Å². The Bertz CT molecular complexity index is 479. The zero-order valence-electron chi connectivity index (χ0n) is 10.9. The summed E-state index contributed by atoms with van der Waals surface area (Å²) in [6.45, 7) is 4.57. The molecule has 0 heterocycles. The molecule has 1 atom stereocenters. The molecule has 0 fully saturated rings. The van der Waals surface area contributed by atoms with E-state index in [1.54, 1.807) is 0 Å². The van der Waals surface area contributed by atoms with Gasteiger partial charge in [-0.25, -0.2) is 0 Å². The Kier molecular flexibility index (Phi) is 4.26. The summed E-state index contributed by atoms with van der Waals surface area (Å²) in [5.41, 5.74) is 1.52. The summed E-state index contributed by atoms with van der Waals surface area (Å²) in [6, 6.07) is 22.2. The topological polar surface area (TPSA) is 0 Å². The lowest BCUT2D eigenvalue weighted by atomic mass is 9.87. The molecule has 2 aromatic carbocycles. The second-order valence-corrected chi connectivity index (χ2v) is 8.92. The van der Waals surface area contributed by atoms with Crippen LogP contribution in [0.25, 0.3) is 0 Å². The molecule has 0 amide bonds. The van der Waals surface area contributed by atoms with E-state index in [-0.39, 0.29) is 5.41 Å². The molecule has 0 spiro atoms. The van der Waals surface area contributed by atoms with Crippen LogP contribution in [0.3, 0.4) is 0 Å². The first kappa shape index (κ1) is 13.4. The fourth-order valence-corrected chi connectivity index (χ4v) is 5.84. The average Bonchev–Trinajstić information content (AvgIpc) is 2.40. The van der Waals surface area contributed by atoms with Crippen LogP contribution in [0, 0.1) is 0 Å². The van der Waals surface area contributed by atoms with Crippen LogP contribution >= 0.6 is 11.1 Å². The van der Waals surface area contributed by atoms with Crippen molar-refractivity contribution in [1.82, 2.24) is 0 Å². The van der Waals surface area contributed by atoms with Crippen molar-refractivity contribution in [1.29, 1.82) is 0 Å². The maximum Gasteiger partial charge on any atom is 0.172 e. The summed E-state index contributed by atoms with van der Waals surface area (Å²) in [5.74, 6) is 0. The number of benzene rings is 2. The van der Waals surface area contributed by atoms with Gasteiger partial charge in [-0.3, -0.25) is 0 Å². The Morgan fingerprint density at radius 3 is 1.94 bits per heavy atom. The molecule has 2 aromatic rings. The molecule has 0 saturated heterocycles. The zero-order chi connectivity index (χ0) is 13.0. The van der Waals surface area contributed by atoms with Gasteiger partial charge in [0, 0.05) is 0 Å². The first-order chi connectivity index (χ1) is 8.59. The van der Waals surface area contributed by atoms with E-state index in [2.05, 4.69) is 68.4 Å². The van der Waals surface area contributed by atoms with Crippen LogP contribution in [0.2, 0.25) is 6.04 Å². The van der Waals surface area contributed by atoms with Gasteiger partial charge in [0.2, 0.25) is 0 Å². The normalized spacial score (nSPS) is 13.3. The summed E-state index contributed by atoms with van der Waals surface area (Å²) in [4.78, 5) is 0. The molecule has 2 rings (SSSR count). The molecular formula is C16H19ClSi. The van der Waals surface area contributed by atoms with Crippen LogP contribution in [0.15, 0.2) is 60.7 Å². The van der Waals surface area contributed by atoms with E-state index in [1.165, 1.54) is 10.8 Å². The Morgan fingerprint density at radius 2 is 1.39 bits per heavy atom. The summed E-state index contributed by atoms with van der Waals surface area (Å²) in [5, 5.41) is 1.34. The van der Waals surface area contributed by atoms with Gasteiger partial charge < -0.3 is 0 Å². The van der Waals surface area contributed by atoms with Gasteiger partial charge in [-0.1, -0.05) is 74.5 Å². The minimum atomic E-state index is -1.38. The lowest BCUT2D eigenvalue weighted by molar-refractivity contribution is 0.587. The molecule has 2 heteroatoms. The Hall–Kier alpha value is -1.05. The van der Waals surface area contributed by atoms with Gasteiger partial charge in [0.05, 0.1) is 0 Å². The third-order valence-electron chi connectivity index (χ3n) is 3.41. The van der Waals surface area contributed by atoms with Crippen LogP contribution in [0.1, 0.15) is 19.4 Å². The van der Waals surface area contributed by atoms with Crippen LogP contribution in [-0.2, 0) is 5.41 Å². The maximum absolute atomic E-state index is 6.68. The molecule has 0 aliphatic carbocycles. The highest BCUT2D eigenvalue weighted by Crippen LogP contribution is 2.29. The third kappa shape index (κ3) is 3.24. The predicted octanol–water partition coefficient (Wildman–Crippen LogP) is 3.83. The van der Waals surface area contributed by atoms with Crippen molar-refractivity contribution >= 4 is 24.4 Å². The van der Waals surface area contributed by atoms with E-state index >= 15 is 0 Å². The van der Waals surface area contributed by atoms with Crippen LogP contribution in [0.5, 0.6) is 0 Å². The minimum absolute atomic E-state index is 0.149. The van der Waals surface area contributed by atoms with Crippen molar-refractivity contribution in [2.45, 2.75) is 25.3 Å². The van der Waals surface area contributed by atoms with Crippen molar-refractivity contribution in [2.24, 2.45) is 0 Å². The van der Waals surface area contributed by atoms with E-state index in [0.717, 1.165) is 6.04 Å². The molecule has 1 unspecified atom stereocenters. The van der Waals surface area contributed by atoms with Crippen molar-refractivity contribution in [2.75, 3.05) is 0 Å². The van der Waals surface area contributed by atoms with Crippen molar-refractivity contribution < 1.29 is 0 Å². The lowest BCUT2D eigenvalue weighted by Crippen LogP contribution is -2.32. The Labute approximate surface area is 116 Å². The first-order valence-electron chi connectivity index (χ1n) is 6.34. The van der Waals surface area contributed by atoms with Gasteiger partial charge in [-0.2, -0.15) is 11.1 Å². The van der Waals surface area contributed by atoms with Gasteiger partial charge in [0.1, 0.15) is 0 Å². The number of halogens is 1. The molecule has 0 aromatic heterocycles. The number of hydrogen-bond acceptors (Lipinski definition) is 0. The summed E-state index contributed by atoms with van der Waals surface area (Å²) in [7, 11) is -1.38. The minimum Gasteiger partial charge on any atom is -0.165 e. The van der Waals surface area contributed by atoms with Gasteiger partial charge in [0.15, 0.2) is 8.11 Å².